The zero-order chi connectivity index (χ0) is 11.7. The molecule has 4 heteroatoms. The molecule has 0 aromatic rings. The van der Waals surface area contributed by atoms with Crippen LogP contribution in [-0.4, -0.2) is 59.1 Å². The lowest BCUT2D eigenvalue weighted by Gasteiger charge is -2.30. The lowest BCUT2D eigenvalue weighted by molar-refractivity contribution is -0.138. The molecule has 2 rings (SSSR count). The van der Waals surface area contributed by atoms with Crippen LogP contribution in [0.15, 0.2) is 0 Å². The van der Waals surface area contributed by atoms with E-state index in [0.29, 0.717) is 6.04 Å². The van der Waals surface area contributed by atoms with E-state index in [0.717, 1.165) is 25.6 Å². The molecule has 1 aliphatic carbocycles. The Labute approximate surface area is 97.2 Å². The third kappa shape index (κ3) is 2.74. The average molecular weight is 226 g/mol. The van der Waals surface area contributed by atoms with Crippen LogP contribution in [0.4, 0.5) is 0 Å². The average Bonchev–Trinajstić information content (AvgIpc) is 3.02. The van der Waals surface area contributed by atoms with Crippen LogP contribution in [-0.2, 0) is 4.79 Å². The third-order valence-corrected chi connectivity index (χ3v) is 4.02. The third-order valence-electron chi connectivity index (χ3n) is 4.02. The van der Waals surface area contributed by atoms with Crippen molar-refractivity contribution in [2.75, 3.05) is 20.1 Å². The molecular formula is C12H22N2O2. The molecule has 0 radical (unpaired) electrons. The molecule has 2 aliphatic rings. The van der Waals surface area contributed by atoms with Gasteiger partial charge in [-0.15, -0.1) is 0 Å². The van der Waals surface area contributed by atoms with Crippen molar-refractivity contribution in [2.45, 2.75) is 50.7 Å². The van der Waals surface area contributed by atoms with Crippen LogP contribution >= 0.6 is 0 Å². The minimum absolute atomic E-state index is 0.176. The number of carboxylic acid groups (broad SMARTS) is 1. The fourth-order valence-electron chi connectivity index (χ4n) is 2.59. The first-order chi connectivity index (χ1) is 7.58. The predicted molar refractivity (Wildman–Crippen MR) is 62.5 cm³/mol. The largest absolute Gasteiger partial charge is 0.481 e. The molecule has 1 saturated heterocycles. The fraction of sp³-hybridized carbons (Fsp3) is 0.917. The zero-order valence-electron chi connectivity index (χ0n) is 10.2. The van der Waals surface area contributed by atoms with Gasteiger partial charge in [0, 0.05) is 24.7 Å². The minimum Gasteiger partial charge on any atom is -0.481 e. The number of hydrogen-bond donors (Lipinski definition) is 1. The Bertz CT molecular complexity index is 266. The van der Waals surface area contributed by atoms with Crippen molar-refractivity contribution in [3.8, 4) is 0 Å². The normalized spacial score (nSPS) is 33.6. The number of nitrogens with zero attached hydrogens (tertiary/aromatic N) is 2. The van der Waals surface area contributed by atoms with Crippen LogP contribution in [0.5, 0.6) is 0 Å². The summed E-state index contributed by atoms with van der Waals surface area (Å²) in [6.07, 6.45) is 4.03. The first kappa shape index (κ1) is 11.9. The number of rotatable bonds is 3. The summed E-state index contributed by atoms with van der Waals surface area (Å²) < 4.78 is 0. The van der Waals surface area contributed by atoms with Gasteiger partial charge >= 0.3 is 5.97 Å². The van der Waals surface area contributed by atoms with Gasteiger partial charge in [-0.05, 0) is 39.8 Å². The number of carbonyl (C=O) groups is 1. The lowest BCUT2D eigenvalue weighted by Crippen LogP contribution is -2.43. The van der Waals surface area contributed by atoms with Gasteiger partial charge in [0.05, 0.1) is 6.42 Å². The molecule has 1 heterocycles. The monoisotopic (exact) mass is 226 g/mol. The first-order valence-corrected chi connectivity index (χ1v) is 6.25. The summed E-state index contributed by atoms with van der Waals surface area (Å²) >= 11 is 0. The van der Waals surface area contributed by atoms with E-state index in [-0.39, 0.29) is 12.5 Å². The molecule has 92 valence electrons. The van der Waals surface area contributed by atoms with Crippen molar-refractivity contribution in [3.05, 3.63) is 0 Å². The second-order valence-corrected chi connectivity index (χ2v) is 5.28. The van der Waals surface area contributed by atoms with E-state index in [9.17, 15) is 4.79 Å². The molecule has 1 saturated carbocycles. The molecule has 4 nitrogen and oxygen atoms in total. The molecule has 1 N–H and O–H groups in total. The summed E-state index contributed by atoms with van der Waals surface area (Å²) in [4.78, 5) is 15.6. The molecule has 0 spiro atoms. The molecular weight excluding hydrogens is 204 g/mol. The maximum absolute atomic E-state index is 10.9. The number of hydrogen-bond acceptors (Lipinski definition) is 3. The quantitative estimate of drug-likeness (QED) is 0.780. The summed E-state index contributed by atoms with van der Waals surface area (Å²) in [6, 6.07) is 1.42. The molecule has 0 aromatic heterocycles. The number of carboxylic acids is 1. The summed E-state index contributed by atoms with van der Waals surface area (Å²) in [7, 11) is 2.06. The Hall–Kier alpha value is -0.610. The van der Waals surface area contributed by atoms with E-state index in [2.05, 4.69) is 23.8 Å². The van der Waals surface area contributed by atoms with Gasteiger partial charge in [-0.25, -0.2) is 0 Å². The molecule has 2 atom stereocenters. The van der Waals surface area contributed by atoms with Crippen LogP contribution < -0.4 is 0 Å². The van der Waals surface area contributed by atoms with Crippen molar-refractivity contribution in [3.63, 3.8) is 0 Å². The molecule has 1 aliphatic heterocycles. The van der Waals surface area contributed by atoms with Gasteiger partial charge in [0.2, 0.25) is 0 Å². The van der Waals surface area contributed by atoms with Crippen molar-refractivity contribution >= 4 is 5.97 Å². The van der Waals surface area contributed by atoms with E-state index in [1.54, 1.807) is 0 Å². The Kier molecular flexibility index (Phi) is 3.50. The van der Waals surface area contributed by atoms with Gasteiger partial charge in [-0.3, -0.25) is 14.6 Å². The minimum atomic E-state index is -0.679. The SMILES string of the molecule is CC1CCN(C2CC2)CC(CC(=O)O)N1C. The molecule has 0 aromatic carbocycles. The second-order valence-electron chi connectivity index (χ2n) is 5.28. The van der Waals surface area contributed by atoms with Crippen molar-refractivity contribution < 1.29 is 9.90 Å². The Morgan fingerprint density at radius 2 is 2.06 bits per heavy atom. The summed E-state index contributed by atoms with van der Waals surface area (Å²) in [6.45, 7) is 4.26. The fourth-order valence-corrected chi connectivity index (χ4v) is 2.59. The Morgan fingerprint density at radius 1 is 1.38 bits per heavy atom. The van der Waals surface area contributed by atoms with Gasteiger partial charge < -0.3 is 5.11 Å². The van der Waals surface area contributed by atoms with E-state index in [4.69, 9.17) is 5.11 Å². The highest BCUT2D eigenvalue weighted by atomic mass is 16.4. The standard InChI is InChI=1S/C12H22N2O2/c1-9-5-6-14(10-3-4-10)8-11(13(9)2)7-12(15)16/h9-11H,3-8H2,1-2H3,(H,15,16). The van der Waals surface area contributed by atoms with Crippen molar-refractivity contribution in [1.82, 2.24) is 9.80 Å². The molecule has 16 heavy (non-hydrogen) atoms. The molecule has 2 unspecified atom stereocenters. The Balaban J connectivity index is 2.01. The van der Waals surface area contributed by atoms with Crippen LogP contribution in [0.1, 0.15) is 32.6 Å². The summed E-state index contributed by atoms with van der Waals surface area (Å²) in [5.74, 6) is -0.679. The maximum atomic E-state index is 10.9. The number of likely N-dealkylation sites (N-methyl/N-ethyl adjacent to an activating group) is 1. The van der Waals surface area contributed by atoms with E-state index in [1.165, 1.54) is 12.8 Å². The predicted octanol–water partition coefficient (Wildman–Crippen LogP) is 1.02. The van der Waals surface area contributed by atoms with Crippen molar-refractivity contribution in [1.29, 1.82) is 0 Å². The lowest BCUT2D eigenvalue weighted by atomic mass is 10.1. The van der Waals surface area contributed by atoms with Gasteiger partial charge in [0.1, 0.15) is 0 Å². The molecule has 2 fully saturated rings. The zero-order valence-corrected chi connectivity index (χ0v) is 10.2. The van der Waals surface area contributed by atoms with Crippen LogP contribution in [0.3, 0.4) is 0 Å². The van der Waals surface area contributed by atoms with Gasteiger partial charge in [0.15, 0.2) is 0 Å². The van der Waals surface area contributed by atoms with Gasteiger partial charge in [0.25, 0.3) is 0 Å². The van der Waals surface area contributed by atoms with Crippen LogP contribution in [0.2, 0.25) is 0 Å². The highest BCUT2D eigenvalue weighted by molar-refractivity contribution is 5.67. The number of aliphatic carboxylic acids is 1. The van der Waals surface area contributed by atoms with E-state index < -0.39 is 5.97 Å². The van der Waals surface area contributed by atoms with E-state index >= 15 is 0 Å². The summed E-state index contributed by atoms with van der Waals surface area (Å²) in [5.41, 5.74) is 0. The highest BCUT2D eigenvalue weighted by Crippen LogP contribution is 2.30. The van der Waals surface area contributed by atoms with Crippen LogP contribution in [0, 0.1) is 0 Å². The maximum Gasteiger partial charge on any atom is 0.304 e. The van der Waals surface area contributed by atoms with Crippen LogP contribution in [0.25, 0.3) is 0 Å². The van der Waals surface area contributed by atoms with Crippen molar-refractivity contribution in [2.24, 2.45) is 0 Å². The Morgan fingerprint density at radius 3 is 2.62 bits per heavy atom. The van der Waals surface area contributed by atoms with Gasteiger partial charge in [-0.2, -0.15) is 0 Å². The second kappa shape index (κ2) is 4.72. The topological polar surface area (TPSA) is 43.8 Å². The molecule has 0 bridgehead atoms. The summed E-state index contributed by atoms with van der Waals surface area (Å²) in [5, 5.41) is 8.96. The highest BCUT2D eigenvalue weighted by Gasteiger charge is 2.35. The van der Waals surface area contributed by atoms with Gasteiger partial charge in [-0.1, -0.05) is 0 Å². The molecule has 0 amide bonds. The first-order valence-electron chi connectivity index (χ1n) is 6.25. The smallest absolute Gasteiger partial charge is 0.304 e. The van der Waals surface area contributed by atoms with E-state index in [1.807, 2.05) is 0 Å².